The Morgan fingerprint density at radius 1 is 0.575 bits per heavy atom. The SMILES string of the molecule is Cc1c(-c2ccccc2)cc(-c2ccccc2)cc1N(c1cc2c(cc1F)C(C)(C)c1ccccc1-2)C(C)(C)C. The second-order valence-electron chi connectivity index (χ2n) is 12.4. The average molecular weight is 526 g/mol. The molecule has 40 heavy (non-hydrogen) atoms. The van der Waals surface area contributed by atoms with E-state index in [1.807, 2.05) is 12.1 Å². The Morgan fingerprint density at radius 3 is 1.82 bits per heavy atom. The van der Waals surface area contributed by atoms with Gasteiger partial charge in [0.1, 0.15) is 5.82 Å². The highest BCUT2D eigenvalue weighted by molar-refractivity contribution is 5.88. The van der Waals surface area contributed by atoms with Crippen LogP contribution >= 0.6 is 0 Å². The van der Waals surface area contributed by atoms with Gasteiger partial charge < -0.3 is 4.90 Å². The number of hydrogen-bond donors (Lipinski definition) is 0. The number of hydrogen-bond acceptors (Lipinski definition) is 1. The molecule has 200 valence electrons. The van der Waals surface area contributed by atoms with E-state index in [9.17, 15) is 0 Å². The number of nitrogens with zero attached hydrogens (tertiary/aromatic N) is 1. The maximum absolute atomic E-state index is 16.4. The Hall–Kier alpha value is -4.17. The second-order valence-corrected chi connectivity index (χ2v) is 12.4. The fourth-order valence-electron chi connectivity index (χ4n) is 6.38. The zero-order valence-electron chi connectivity index (χ0n) is 24.2. The normalized spacial score (nSPS) is 13.6. The molecule has 2 heteroatoms. The maximum atomic E-state index is 16.4. The Bertz CT molecular complexity index is 1710. The van der Waals surface area contributed by atoms with Crippen molar-refractivity contribution in [1.82, 2.24) is 0 Å². The van der Waals surface area contributed by atoms with Gasteiger partial charge in [-0.3, -0.25) is 0 Å². The minimum atomic E-state index is -0.392. The Kier molecular flexibility index (Phi) is 6.18. The molecule has 0 fully saturated rings. The van der Waals surface area contributed by atoms with E-state index < -0.39 is 5.54 Å². The highest BCUT2D eigenvalue weighted by Gasteiger charge is 2.38. The van der Waals surface area contributed by atoms with Gasteiger partial charge in [0, 0.05) is 16.6 Å². The van der Waals surface area contributed by atoms with Crippen molar-refractivity contribution in [3.8, 4) is 33.4 Å². The largest absolute Gasteiger partial charge is 0.333 e. The van der Waals surface area contributed by atoms with E-state index in [2.05, 4.69) is 137 Å². The third-order valence-electron chi connectivity index (χ3n) is 8.38. The molecule has 0 atom stereocenters. The molecule has 1 aliphatic carbocycles. The molecular weight excluding hydrogens is 489 g/mol. The molecule has 5 aromatic carbocycles. The monoisotopic (exact) mass is 525 g/mol. The summed E-state index contributed by atoms with van der Waals surface area (Å²) < 4.78 is 16.4. The first-order chi connectivity index (χ1) is 19.1. The van der Waals surface area contributed by atoms with Crippen LogP contribution in [-0.4, -0.2) is 5.54 Å². The Balaban J connectivity index is 1.63. The molecule has 0 heterocycles. The van der Waals surface area contributed by atoms with Gasteiger partial charge >= 0.3 is 0 Å². The molecule has 0 bridgehead atoms. The van der Waals surface area contributed by atoms with E-state index >= 15 is 4.39 Å². The minimum Gasteiger partial charge on any atom is -0.333 e. The van der Waals surface area contributed by atoms with Crippen LogP contribution in [0.4, 0.5) is 15.8 Å². The maximum Gasteiger partial charge on any atom is 0.147 e. The summed E-state index contributed by atoms with van der Waals surface area (Å²) in [5, 5.41) is 0. The summed E-state index contributed by atoms with van der Waals surface area (Å²) in [6.45, 7) is 13.0. The third-order valence-corrected chi connectivity index (χ3v) is 8.38. The van der Waals surface area contributed by atoms with Crippen molar-refractivity contribution < 1.29 is 4.39 Å². The van der Waals surface area contributed by atoms with Crippen LogP contribution in [0.1, 0.15) is 51.3 Å². The van der Waals surface area contributed by atoms with Crippen molar-refractivity contribution in [1.29, 1.82) is 0 Å². The molecule has 0 unspecified atom stereocenters. The molecule has 0 spiro atoms. The van der Waals surface area contributed by atoms with Crippen LogP contribution in [0.2, 0.25) is 0 Å². The van der Waals surface area contributed by atoms with Gasteiger partial charge in [0.05, 0.1) is 5.69 Å². The summed E-state index contributed by atoms with van der Waals surface area (Å²) in [6.07, 6.45) is 0. The molecule has 0 N–H and O–H groups in total. The van der Waals surface area contributed by atoms with Gasteiger partial charge in [0.15, 0.2) is 0 Å². The fourth-order valence-corrected chi connectivity index (χ4v) is 6.38. The number of halogens is 1. The molecule has 0 radical (unpaired) electrons. The lowest BCUT2D eigenvalue weighted by atomic mass is 9.82. The van der Waals surface area contributed by atoms with Gasteiger partial charge in [0.25, 0.3) is 0 Å². The molecule has 1 nitrogen and oxygen atoms in total. The second kappa shape index (κ2) is 9.48. The molecule has 0 saturated heterocycles. The zero-order valence-corrected chi connectivity index (χ0v) is 24.2. The lowest BCUT2D eigenvalue weighted by molar-refractivity contribution is 0.539. The standard InChI is InChI=1S/C38H36FN/c1-25-30(27-17-11-8-12-18-27)21-28(26-15-9-7-10-16-26)22-35(25)40(37(2,3)4)36-23-31-29-19-13-14-20-32(29)38(5,6)33(31)24-34(36)39/h7-24H,1-6H3. The van der Waals surface area contributed by atoms with Crippen LogP contribution < -0.4 is 4.90 Å². The smallest absolute Gasteiger partial charge is 0.147 e. The number of anilines is 2. The number of rotatable bonds is 4. The van der Waals surface area contributed by atoms with Crippen molar-refractivity contribution in [3.63, 3.8) is 0 Å². The molecule has 6 rings (SSSR count). The summed E-state index contributed by atoms with van der Waals surface area (Å²) >= 11 is 0. The van der Waals surface area contributed by atoms with Crippen LogP contribution in [-0.2, 0) is 5.41 Å². The predicted molar refractivity (Wildman–Crippen MR) is 168 cm³/mol. The van der Waals surface area contributed by atoms with E-state index in [4.69, 9.17) is 0 Å². The third kappa shape index (κ3) is 4.23. The molecule has 0 saturated carbocycles. The molecule has 1 aliphatic rings. The topological polar surface area (TPSA) is 3.24 Å². The summed E-state index contributed by atoms with van der Waals surface area (Å²) in [7, 11) is 0. The fraction of sp³-hybridized carbons (Fsp3) is 0.211. The van der Waals surface area contributed by atoms with E-state index in [0.717, 1.165) is 44.6 Å². The first-order valence-corrected chi connectivity index (χ1v) is 14.1. The van der Waals surface area contributed by atoms with Crippen molar-refractivity contribution in [2.45, 2.75) is 52.5 Å². The van der Waals surface area contributed by atoms with Gasteiger partial charge in [-0.25, -0.2) is 4.39 Å². The summed E-state index contributed by atoms with van der Waals surface area (Å²) in [5.74, 6) is -0.194. The van der Waals surface area contributed by atoms with E-state index in [0.29, 0.717) is 5.69 Å². The van der Waals surface area contributed by atoms with Crippen molar-refractivity contribution >= 4 is 11.4 Å². The van der Waals surface area contributed by atoms with Gasteiger partial charge in [-0.1, -0.05) is 98.8 Å². The summed E-state index contributed by atoms with van der Waals surface area (Å²) in [4.78, 5) is 2.20. The minimum absolute atomic E-state index is 0.194. The van der Waals surface area contributed by atoms with Crippen molar-refractivity contribution in [2.75, 3.05) is 4.90 Å². The lowest BCUT2D eigenvalue weighted by Crippen LogP contribution is -2.38. The van der Waals surface area contributed by atoms with E-state index in [1.54, 1.807) is 6.07 Å². The van der Waals surface area contributed by atoms with Crippen molar-refractivity contribution in [2.24, 2.45) is 0 Å². The average Bonchev–Trinajstić information content (AvgIpc) is 3.16. The summed E-state index contributed by atoms with van der Waals surface area (Å²) in [5.41, 5.74) is 11.3. The van der Waals surface area contributed by atoms with E-state index in [-0.39, 0.29) is 11.2 Å². The summed E-state index contributed by atoms with van der Waals surface area (Å²) in [6, 6.07) is 37.8. The van der Waals surface area contributed by atoms with Gasteiger partial charge in [-0.05, 0) is 102 Å². The van der Waals surface area contributed by atoms with Crippen LogP contribution in [0.25, 0.3) is 33.4 Å². The number of fused-ring (bicyclic) bond motifs is 3. The first-order valence-electron chi connectivity index (χ1n) is 14.1. The van der Waals surface area contributed by atoms with Crippen LogP contribution in [0.3, 0.4) is 0 Å². The van der Waals surface area contributed by atoms with Gasteiger partial charge in [-0.15, -0.1) is 0 Å². The molecule has 5 aromatic rings. The zero-order chi connectivity index (χ0) is 28.2. The lowest BCUT2D eigenvalue weighted by Gasteiger charge is -2.40. The molecule has 0 aromatic heterocycles. The Labute approximate surface area is 237 Å². The molecule has 0 amide bonds. The van der Waals surface area contributed by atoms with Gasteiger partial charge in [-0.2, -0.15) is 0 Å². The van der Waals surface area contributed by atoms with Crippen molar-refractivity contribution in [3.05, 3.63) is 132 Å². The molecular formula is C38H36FN. The van der Waals surface area contributed by atoms with E-state index in [1.165, 1.54) is 11.1 Å². The predicted octanol–water partition coefficient (Wildman–Crippen LogP) is 10.7. The highest BCUT2D eigenvalue weighted by Crippen LogP contribution is 2.52. The first kappa shape index (κ1) is 26.1. The quantitative estimate of drug-likeness (QED) is 0.226. The van der Waals surface area contributed by atoms with Gasteiger partial charge in [0.2, 0.25) is 0 Å². The Morgan fingerprint density at radius 2 is 1.18 bits per heavy atom. The van der Waals surface area contributed by atoms with Crippen LogP contribution in [0.5, 0.6) is 0 Å². The number of benzene rings is 5. The highest BCUT2D eigenvalue weighted by atomic mass is 19.1. The molecule has 0 aliphatic heterocycles. The van der Waals surface area contributed by atoms with Crippen LogP contribution in [0.15, 0.2) is 109 Å². The van der Waals surface area contributed by atoms with Crippen LogP contribution in [0, 0.1) is 12.7 Å².